The van der Waals surface area contributed by atoms with Crippen LogP contribution < -0.4 is 5.32 Å². The first kappa shape index (κ1) is 15.0. The molecule has 1 aliphatic rings. The summed E-state index contributed by atoms with van der Waals surface area (Å²) in [7, 11) is 0. The fraction of sp³-hybridized carbons (Fsp3) is 0.571. The van der Waals surface area contributed by atoms with Crippen molar-refractivity contribution in [3.63, 3.8) is 0 Å². The van der Waals surface area contributed by atoms with Crippen LogP contribution in [-0.4, -0.2) is 41.0 Å². The van der Waals surface area contributed by atoms with Gasteiger partial charge in [0, 0.05) is 10.9 Å². The summed E-state index contributed by atoms with van der Waals surface area (Å²) in [5.74, 6) is -0.992. The highest BCUT2D eigenvalue weighted by Gasteiger charge is 2.30. The molecule has 110 valence electrons. The number of likely N-dealkylation sites (tertiary alicyclic amines) is 1. The number of amides is 1. The summed E-state index contributed by atoms with van der Waals surface area (Å²) in [6, 6.07) is 4.09. The van der Waals surface area contributed by atoms with Crippen LogP contribution in [0.3, 0.4) is 0 Å². The van der Waals surface area contributed by atoms with Gasteiger partial charge in [-0.3, -0.25) is 14.5 Å². The molecule has 1 aliphatic heterocycles. The van der Waals surface area contributed by atoms with Crippen molar-refractivity contribution in [2.75, 3.05) is 13.1 Å². The van der Waals surface area contributed by atoms with Gasteiger partial charge in [0.1, 0.15) is 0 Å². The summed E-state index contributed by atoms with van der Waals surface area (Å²) in [5.41, 5.74) is 0. The molecule has 0 saturated carbocycles. The van der Waals surface area contributed by atoms with Gasteiger partial charge in [-0.2, -0.15) is 0 Å². The molecule has 2 rings (SSSR count). The minimum atomic E-state index is -0.723. The van der Waals surface area contributed by atoms with Crippen molar-refractivity contribution < 1.29 is 14.7 Å². The molecule has 2 atom stereocenters. The molecule has 1 aromatic rings. The van der Waals surface area contributed by atoms with E-state index in [0.717, 1.165) is 4.88 Å². The number of hydrogen-bond donors (Lipinski definition) is 2. The van der Waals surface area contributed by atoms with Crippen molar-refractivity contribution >= 4 is 23.2 Å². The third-order valence-corrected chi connectivity index (χ3v) is 4.63. The fourth-order valence-corrected chi connectivity index (χ4v) is 3.16. The van der Waals surface area contributed by atoms with E-state index in [1.807, 2.05) is 24.4 Å². The number of carboxylic acid groups (broad SMARTS) is 1. The smallest absolute Gasteiger partial charge is 0.306 e. The van der Waals surface area contributed by atoms with Crippen LogP contribution in [0.2, 0.25) is 0 Å². The first-order chi connectivity index (χ1) is 9.56. The largest absolute Gasteiger partial charge is 0.481 e. The highest BCUT2D eigenvalue weighted by Crippen LogP contribution is 2.22. The summed E-state index contributed by atoms with van der Waals surface area (Å²) in [6.45, 7) is 3.57. The number of thiophene rings is 1. The lowest BCUT2D eigenvalue weighted by Gasteiger charge is -2.35. The number of carbonyl (C=O) groups is 2. The Labute approximate surface area is 122 Å². The first-order valence-corrected chi connectivity index (χ1v) is 7.70. The van der Waals surface area contributed by atoms with Crippen molar-refractivity contribution in [3.8, 4) is 0 Å². The van der Waals surface area contributed by atoms with Gasteiger partial charge in [-0.25, -0.2) is 0 Å². The summed E-state index contributed by atoms with van der Waals surface area (Å²) in [6.07, 6.45) is 1.24. The van der Waals surface area contributed by atoms with Crippen LogP contribution in [0.15, 0.2) is 17.5 Å². The molecule has 2 heterocycles. The second-order valence-corrected chi connectivity index (χ2v) is 6.27. The molecule has 5 nitrogen and oxygen atoms in total. The van der Waals surface area contributed by atoms with E-state index in [1.165, 1.54) is 0 Å². The Bertz CT molecular complexity index is 461. The standard InChI is InChI=1S/C14H20N2O3S/c1-10-7-11(14(18)19)4-5-16(10)9-13(17)15-8-12-3-2-6-20-12/h2-3,6,10-11H,4-5,7-9H2,1H3,(H,15,17)(H,18,19). The minimum absolute atomic E-state index is 0.000903. The van der Waals surface area contributed by atoms with Crippen LogP contribution in [0.1, 0.15) is 24.6 Å². The lowest BCUT2D eigenvalue weighted by molar-refractivity contribution is -0.144. The van der Waals surface area contributed by atoms with E-state index in [4.69, 9.17) is 5.11 Å². The predicted molar refractivity (Wildman–Crippen MR) is 77.6 cm³/mol. The minimum Gasteiger partial charge on any atom is -0.481 e. The second-order valence-electron chi connectivity index (χ2n) is 5.24. The summed E-state index contributed by atoms with van der Waals surface area (Å²) in [5, 5.41) is 13.9. The molecule has 1 amide bonds. The zero-order valence-electron chi connectivity index (χ0n) is 11.5. The van der Waals surface area contributed by atoms with Crippen molar-refractivity contribution in [1.29, 1.82) is 0 Å². The van der Waals surface area contributed by atoms with Gasteiger partial charge in [0.15, 0.2) is 0 Å². The van der Waals surface area contributed by atoms with Gasteiger partial charge in [0.2, 0.25) is 5.91 Å². The molecule has 0 aromatic carbocycles. The molecule has 0 radical (unpaired) electrons. The number of hydrogen-bond acceptors (Lipinski definition) is 4. The predicted octanol–water partition coefficient (Wildman–Crippen LogP) is 1.55. The maximum Gasteiger partial charge on any atom is 0.306 e. The number of piperidine rings is 1. The van der Waals surface area contributed by atoms with Crippen LogP contribution in [0, 0.1) is 5.92 Å². The summed E-state index contributed by atoms with van der Waals surface area (Å²) in [4.78, 5) is 26.1. The summed E-state index contributed by atoms with van der Waals surface area (Å²) >= 11 is 1.62. The van der Waals surface area contributed by atoms with Crippen molar-refractivity contribution in [2.45, 2.75) is 32.4 Å². The number of nitrogens with zero attached hydrogens (tertiary/aromatic N) is 1. The highest BCUT2D eigenvalue weighted by atomic mass is 32.1. The first-order valence-electron chi connectivity index (χ1n) is 6.82. The van der Waals surface area contributed by atoms with Gasteiger partial charge in [0.05, 0.1) is 19.0 Å². The van der Waals surface area contributed by atoms with Crippen LogP contribution >= 0.6 is 11.3 Å². The number of nitrogens with one attached hydrogen (secondary N) is 1. The average Bonchev–Trinajstić information content (AvgIpc) is 2.91. The van der Waals surface area contributed by atoms with E-state index >= 15 is 0 Å². The molecule has 0 bridgehead atoms. The maximum absolute atomic E-state index is 11.9. The zero-order valence-corrected chi connectivity index (χ0v) is 12.4. The number of carbonyl (C=O) groups excluding carboxylic acids is 1. The molecule has 6 heteroatoms. The lowest BCUT2D eigenvalue weighted by atomic mass is 9.92. The van der Waals surface area contributed by atoms with Crippen LogP contribution in [0.25, 0.3) is 0 Å². The van der Waals surface area contributed by atoms with E-state index in [-0.39, 0.29) is 17.9 Å². The highest BCUT2D eigenvalue weighted by molar-refractivity contribution is 7.09. The van der Waals surface area contributed by atoms with Crippen molar-refractivity contribution in [3.05, 3.63) is 22.4 Å². The van der Waals surface area contributed by atoms with Crippen molar-refractivity contribution in [1.82, 2.24) is 10.2 Å². The Balaban J connectivity index is 1.75. The molecule has 1 fully saturated rings. The normalized spacial score (nSPS) is 23.4. The van der Waals surface area contributed by atoms with E-state index in [2.05, 4.69) is 10.2 Å². The third-order valence-electron chi connectivity index (χ3n) is 3.75. The van der Waals surface area contributed by atoms with E-state index in [9.17, 15) is 9.59 Å². The Morgan fingerprint density at radius 2 is 2.35 bits per heavy atom. The number of rotatable bonds is 5. The van der Waals surface area contributed by atoms with Gasteiger partial charge in [-0.05, 0) is 37.8 Å². The van der Waals surface area contributed by atoms with Crippen LogP contribution in [0.5, 0.6) is 0 Å². The maximum atomic E-state index is 11.9. The molecule has 2 unspecified atom stereocenters. The molecule has 1 saturated heterocycles. The quantitative estimate of drug-likeness (QED) is 0.865. The second kappa shape index (κ2) is 6.85. The average molecular weight is 296 g/mol. The zero-order chi connectivity index (χ0) is 14.5. The Morgan fingerprint density at radius 1 is 1.55 bits per heavy atom. The molecule has 2 N–H and O–H groups in total. The molecule has 0 aliphatic carbocycles. The van der Waals surface area contributed by atoms with Crippen LogP contribution in [0.4, 0.5) is 0 Å². The number of aliphatic carboxylic acids is 1. The van der Waals surface area contributed by atoms with E-state index < -0.39 is 5.97 Å². The van der Waals surface area contributed by atoms with Crippen LogP contribution in [-0.2, 0) is 16.1 Å². The summed E-state index contributed by atoms with van der Waals surface area (Å²) < 4.78 is 0. The fourth-order valence-electron chi connectivity index (χ4n) is 2.52. The van der Waals surface area contributed by atoms with Gasteiger partial charge in [0.25, 0.3) is 0 Å². The Kier molecular flexibility index (Phi) is 5.14. The van der Waals surface area contributed by atoms with Gasteiger partial charge >= 0.3 is 5.97 Å². The topological polar surface area (TPSA) is 69.6 Å². The van der Waals surface area contributed by atoms with E-state index in [1.54, 1.807) is 11.3 Å². The molecule has 20 heavy (non-hydrogen) atoms. The van der Waals surface area contributed by atoms with E-state index in [0.29, 0.717) is 32.5 Å². The third kappa shape index (κ3) is 4.05. The SMILES string of the molecule is CC1CC(C(=O)O)CCN1CC(=O)NCc1cccs1. The molecular weight excluding hydrogens is 276 g/mol. The lowest BCUT2D eigenvalue weighted by Crippen LogP contribution is -2.47. The molecule has 0 spiro atoms. The van der Waals surface area contributed by atoms with Crippen molar-refractivity contribution in [2.24, 2.45) is 5.92 Å². The Morgan fingerprint density at radius 3 is 2.95 bits per heavy atom. The van der Waals surface area contributed by atoms with Gasteiger partial charge < -0.3 is 10.4 Å². The number of carboxylic acids is 1. The van der Waals surface area contributed by atoms with Gasteiger partial charge in [-0.15, -0.1) is 11.3 Å². The Hall–Kier alpha value is -1.40. The monoisotopic (exact) mass is 296 g/mol. The van der Waals surface area contributed by atoms with Gasteiger partial charge in [-0.1, -0.05) is 6.07 Å². The molecular formula is C14H20N2O3S. The molecule has 1 aromatic heterocycles.